The summed E-state index contributed by atoms with van der Waals surface area (Å²) in [7, 11) is 1.21. The van der Waals surface area contributed by atoms with E-state index in [-0.39, 0.29) is 36.6 Å². The maximum absolute atomic E-state index is 12.5. The average Bonchev–Trinajstić information content (AvgIpc) is 3.18. The lowest BCUT2D eigenvalue weighted by atomic mass is 10.1. The molecule has 1 amide bonds. The Kier molecular flexibility index (Phi) is 11.6. The Morgan fingerprint density at radius 1 is 0.923 bits per heavy atom. The van der Waals surface area contributed by atoms with Crippen molar-refractivity contribution in [2.24, 2.45) is 0 Å². The summed E-state index contributed by atoms with van der Waals surface area (Å²) in [5, 5.41) is 31.4. The number of aromatic hydroxyl groups is 3. The highest BCUT2D eigenvalue weighted by Gasteiger charge is 2.24. The lowest BCUT2D eigenvalue weighted by molar-refractivity contribution is -0.145. The molecular weight excluding hydrogens is 968 g/mol. The minimum Gasteiger partial charge on any atom is -0.506 e. The third-order valence-electron chi connectivity index (χ3n) is 5.06. The third-order valence-corrected chi connectivity index (χ3v) is 8.30. The van der Waals surface area contributed by atoms with E-state index in [4.69, 9.17) is 14.2 Å². The summed E-state index contributed by atoms with van der Waals surface area (Å²) < 4.78 is 18.7. The zero-order valence-corrected chi connectivity index (χ0v) is 28.5. The van der Waals surface area contributed by atoms with E-state index in [0.717, 1.165) is 18.8 Å². The van der Waals surface area contributed by atoms with Gasteiger partial charge in [-0.25, -0.2) is 4.79 Å². The molecule has 1 heterocycles. The molecule has 3 aromatic rings. The predicted molar refractivity (Wildman–Crippen MR) is 172 cm³/mol. The van der Waals surface area contributed by atoms with Crippen molar-refractivity contribution >= 4 is 108 Å². The van der Waals surface area contributed by atoms with Crippen LogP contribution >= 0.6 is 90.4 Å². The van der Waals surface area contributed by atoms with Gasteiger partial charge in [0.25, 0.3) is 0 Å². The number of ether oxygens (including phenoxy) is 3. The smallest absolute Gasteiger partial charge is 0.328 e. The maximum Gasteiger partial charge on any atom is 0.328 e. The number of halogens is 4. The Morgan fingerprint density at radius 2 is 1.54 bits per heavy atom. The molecule has 208 valence electrons. The highest BCUT2D eigenvalue weighted by molar-refractivity contribution is 14.1. The maximum atomic E-state index is 12.5. The molecule has 0 saturated heterocycles. The number of nitrogens with one attached hydrogen (secondary N) is 2. The molecule has 1 atom stereocenters. The number of methoxy groups -OCH3 is 1. The Bertz CT molecular complexity index is 1360. The first-order valence-corrected chi connectivity index (χ1v) is 15.2. The second-order valence-electron chi connectivity index (χ2n) is 7.92. The molecule has 11 nitrogen and oxygen atoms in total. The van der Waals surface area contributed by atoms with Crippen LogP contribution in [0.1, 0.15) is 18.4 Å². The SMILES string of the molecule is COC(=O)[C@H](Cc1cc(I)c(Oc2cc(I)c(O)c(I)c2)c(I)c1)NC(=O)CCC(=O)Oc1cc(O)[nH]c1O. The number of phenols is 1. The highest BCUT2D eigenvalue weighted by atomic mass is 127. The van der Waals surface area contributed by atoms with E-state index >= 15 is 0 Å². The summed E-state index contributed by atoms with van der Waals surface area (Å²) >= 11 is 8.30. The number of aromatic nitrogens is 1. The first-order chi connectivity index (χ1) is 18.4. The van der Waals surface area contributed by atoms with Crippen LogP contribution in [-0.4, -0.2) is 51.3 Å². The minimum atomic E-state index is -1.01. The average molecular weight is 988 g/mol. The minimum absolute atomic E-state index is 0.126. The van der Waals surface area contributed by atoms with E-state index in [2.05, 4.69) is 55.5 Å². The third kappa shape index (κ3) is 8.87. The van der Waals surface area contributed by atoms with E-state index < -0.39 is 29.8 Å². The highest BCUT2D eigenvalue weighted by Crippen LogP contribution is 2.37. The number of esters is 2. The van der Waals surface area contributed by atoms with E-state index in [1.165, 1.54) is 7.11 Å². The van der Waals surface area contributed by atoms with Crippen LogP contribution in [-0.2, 0) is 25.5 Å². The molecule has 0 aliphatic heterocycles. The second-order valence-corrected chi connectivity index (χ2v) is 12.6. The van der Waals surface area contributed by atoms with Gasteiger partial charge in [0.15, 0.2) is 17.4 Å². The molecule has 0 aliphatic carbocycles. The summed E-state index contributed by atoms with van der Waals surface area (Å²) in [5.41, 5.74) is 0.740. The van der Waals surface area contributed by atoms with Crippen molar-refractivity contribution in [3.8, 4) is 34.8 Å². The van der Waals surface area contributed by atoms with Crippen LogP contribution in [0.5, 0.6) is 34.8 Å². The van der Waals surface area contributed by atoms with E-state index in [0.29, 0.717) is 18.6 Å². The predicted octanol–water partition coefficient (Wildman–Crippen LogP) is 4.93. The number of rotatable bonds is 10. The van der Waals surface area contributed by atoms with E-state index in [1.54, 1.807) is 12.1 Å². The van der Waals surface area contributed by atoms with Gasteiger partial charge < -0.3 is 34.8 Å². The number of amides is 1. The van der Waals surface area contributed by atoms with Gasteiger partial charge in [-0.15, -0.1) is 0 Å². The molecule has 39 heavy (non-hydrogen) atoms. The molecule has 5 N–H and O–H groups in total. The van der Waals surface area contributed by atoms with Crippen molar-refractivity contribution < 1.29 is 43.9 Å². The lowest BCUT2D eigenvalue weighted by Crippen LogP contribution is -2.43. The molecule has 0 fully saturated rings. The zero-order valence-electron chi connectivity index (χ0n) is 19.9. The largest absolute Gasteiger partial charge is 0.506 e. The van der Waals surface area contributed by atoms with Gasteiger partial charge in [0.1, 0.15) is 17.5 Å². The molecule has 0 unspecified atom stereocenters. The van der Waals surface area contributed by atoms with Gasteiger partial charge >= 0.3 is 11.9 Å². The van der Waals surface area contributed by atoms with Crippen molar-refractivity contribution in [2.75, 3.05) is 7.11 Å². The van der Waals surface area contributed by atoms with E-state index in [9.17, 15) is 29.7 Å². The fraction of sp³-hybridized carbons (Fsp3) is 0.208. The Balaban J connectivity index is 1.65. The van der Waals surface area contributed by atoms with Crippen molar-refractivity contribution in [1.29, 1.82) is 0 Å². The number of aromatic amines is 1. The van der Waals surface area contributed by atoms with Crippen LogP contribution < -0.4 is 14.8 Å². The summed E-state index contributed by atoms with van der Waals surface area (Å²) in [6.07, 6.45) is -0.488. The first-order valence-electron chi connectivity index (χ1n) is 10.9. The van der Waals surface area contributed by atoms with Gasteiger partial charge in [0, 0.05) is 18.9 Å². The van der Waals surface area contributed by atoms with Gasteiger partial charge in [-0.05, 0) is 120 Å². The quantitative estimate of drug-likeness (QED) is 0.140. The van der Waals surface area contributed by atoms with Crippen LogP contribution in [0, 0.1) is 14.3 Å². The standard InChI is InChI=1S/C24H20I4N2O9/c1-37-24(36)16(29-18(31)2-3-20(33)39-17-9-19(32)30-23(17)35)6-10-4-14(27)22(15(28)5-10)38-11-7-12(25)21(34)13(26)8-11/h4-5,7-9,16,30,32,34-35H,2-3,6H2,1H3,(H,29,31)/t16-/m0/s1. The molecule has 0 bridgehead atoms. The molecule has 3 rings (SSSR count). The van der Waals surface area contributed by atoms with Crippen LogP contribution in [0.15, 0.2) is 30.3 Å². The molecule has 0 radical (unpaired) electrons. The fourth-order valence-electron chi connectivity index (χ4n) is 3.26. The monoisotopic (exact) mass is 988 g/mol. The summed E-state index contributed by atoms with van der Waals surface area (Å²) in [6.45, 7) is 0. The number of H-pyrrole nitrogens is 1. The van der Waals surface area contributed by atoms with Crippen molar-refractivity contribution in [2.45, 2.75) is 25.3 Å². The Morgan fingerprint density at radius 3 is 2.08 bits per heavy atom. The number of hydrogen-bond acceptors (Lipinski definition) is 9. The summed E-state index contributed by atoms with van der Waals surface area (Å²) in [4.78, 5) is 39.1. The number of phenolic OH excluding ortho intramolecular Hbond substituents is 1. The molecule has 0 saturated carbocycles. The first kappa shape index (κ1) is 31.8. The van der Waals surface area contributed by atoms with Gasteiger partial charge in [-0.3, -0.25) is 14.6 Å². The number of carbonyl (C=O) groups is 3. The molecule has 2 aromatic carbocycles. The van der Waals surface area contributed by atoms with Gasteiger partial charge in [-0.1, -0.05) is 0 Å². The number of carbonyl (C=O) groups excluding carboxylic acids is 3. The number of benzene rings is 2. The van der Waals surface area contributed by atoms with E-state index in [1.807, 2.05) is 57.3 Å². The van der Waals surface area contributed by atoms with Crippen molar-refractivity contribution in [1.82, 2.24) is 10.3 Å². The van der Waals surface area contributed by atoms with Gasteiger partial charge in [0.05, 0.1) is 27.8 Å². The van der Waals surface area contributed by atoms with Crippen molar-refractivity contribution in [3.05, 3.63) is 50.2 Å². The molecule has 0 spiro atoms. The topological polar surface area (TPSA) is 167 Å². The fourth-order valence-corrected chi connectivity index (χ4v) is 7.09. The van der Waals surface area contributed by atoms with Crippen molar-refractivity contribution in [3.63, 3.8) is 0 Å². The summed E-state index contributed by atoms with van der Waals surface area (Å²) in [6, 6.07) is 7.11. The van der Waals surface area contributed by atoms with Gasteiger partial charge in [-0.2, -0.15) is 0 Å². The zero-order chi connectivity index (χ0) is 28.9. The lowest BCUT2D eigenvalue weighted by Gasteiger charge is -2.18. The molecule has 0 aliphatic rings. The van der Waals surface area contributed by atoms with Crippen LogP contribution in [0.25, 0.3) is 0 Å². The molecule has 1 aromatic heterocycles. The number of hydrogen-bond donors (Lipinski definition) is 5. The normalized spacial score (nSPS) is 11.5. The van der Waals surface area contributed by atoms with Crippen LogP contribution in [0.4, 0.5) is 0 Å². The van der Waals surface area contributed by atoms with Crippen LogP contribution in [0.3, 0.4) is 0 Å². The second kappa shape index (κ2) is 14.2. The summed E-state index contributed by atoms with van der Waals surface area (Å²) in [5.74, 6) is -1.86. The Hall–Kier alpha value is -1.75. The molecule has 15 heteroatoms. The Labute approximate surface area is 276 Å². The molecular formula is C24H20I4N2O9. The van der Waals surface area contributed by atoms with Crippen LogP contribution in [0.2, 0.25) is 0 Å². The van der Waals surface area contributed by atoms with Gasteiger partial charge in [0.2, 0.25) is 11.8 Å².